The first kappa shape index (κ1) is 45.9. The molecule has 0 bridgehead atoms. The Labute approximate surface area is 388 Å². The molecule has 8 rings (SSSR count). The predicted octanol–water partition coefficient (Wildman–Crippen LogP) is 12.3. The van der Waals surface area contributed by atoms with Crippen molar-refractivity contribution in [1.29, 1.82) is 5.41 Å². The molecule has 1 N–H and O–H groups in total. The van der Waals surface area contributed by atoms with E-state index in [0.29, 0.717) is 40.2 Å². The summed E-state index contributed by atoms with van der Waals surface area (Å²) < 4.78 is 0. The second-order valence-corrected chi connectivity index (χ2v) is 18.1. The average molecular weight is 890 g/mol. The highest BCUT2D eigenvalue weighted by Crippen LogP contribution is 2.49. The second kappa shape index (κ2) is 19.3. The number of carbonyl (C=O) groups excluding carboxylic acids is 3. The molecule has 4 aromatic carbocycles. The van der Waals surface area contributed by atoms with Crippen LogP contribution in [0.2, 0.25) is 0 Å². The van der Waals surface area contributed by atoms with Crippen LogP contribution in [0, 0.1) is 32.4 Å². The van der Waals surface area contributed by atoms with Crippen molar-refractivity contribution in [2.75, 3.05) is 19.6 Å². The van der Waals surface area contributed by atoms with Gasteiger partial charge in [0.15, 0.2) is 21.6 Å². The van der Waals surface area contributed by atoms with Crippen LogP contribution in [0.25, 0.3) is 9.69 Å². The van der Waals surface area contributed by atoms with E-state index in [1.165, 1.54) is 11.1 Å². The van der Waals surface area contributed by atoms with Crippen LogP contribution in [0.3, 0.4) is 0 Å². The Morgan fingerprint density at radius 1 is 0.625 bits per heavy atom. The van der Waals surface area contributed by atoms with E-state index >= 15 is 0 Å². The first-order valence-corrected chi connectivity index (χ1v) is 23.2. The van der Waals surface area contributed by atoms with Gasteiger partial charge in [-0.05, 0) is 186 Å². The van der Waals surface area contributed by atoms with Gasteiger partial charge in [-0.2, -0.15) is 0 Å². The summed E-state index contributed by atoms with van der Waals surface area (Å²) in [7, 11) is 0. The number of hydrogen-bond acceptors (Lipinski definition) is 6. The molecule has 64 heavy (non-hydrogen) atoms. The van der Waals surface area contributed by atoms with Crippen molar-refractivity contribution in [3.8, 4) is 0 Å². The van der Waals surface area contributed by atoms with Gasteiger partial charge >= 0.3 is 0 Å². The second-order valence-electron chi connectivity index (χ2n) is 17.3. The van der Waals surface area contributed by atoms with Gasteiger partial charge in [0.25, 0.3) is 11.8 Å². The third-order valence-corrected chi connectivity index (χ3v) is 14.1. The van der Waals surface area contributed by atoms with E-state index in [-0.39, 0.29) is 11.8 Å². The lowest BCUT2D eigenvalue weighted by Crippen LogP contribution is -2.55. The molecule has 2 amide bonds. The molecule has 2 heterocycles. The van der Waals surface area contributed by atoms with E-state index in [1.54, 1.807) is 28.0 Å². The van der Waals surface area contributed by atoms with E-state index in [4.69, 9.17) is 43.0 Å². The Bertz CT molecular complexity index is 2400. The van der Waals surface area contributed by atoms with Crippen LogP contribution in [0.1, 0.15) is 113 Å². The van der Waals surface area contributed by atoms with Gasteiger partial charge in [0, 0.05) is 41.3 Å². The summed E-state index contributed by atoms with van der Waals surface area (Å²) in [6.45, 7) is 22.2. The Morgan fingerprint density at radius 2 is 1.02 bits per heavy atom. The Hall–Kier alpha value is -6.08. The largest absolute Gasteiger partial charge is 0.310 e. The topological polar surface area (TPSA) is 96.7 Å². The molecule has 10 nitrogen and oxygen atoms in total. The molecular formula is C52H55N7O3S2. The third kappa shape index (κ3) is 8.62. The molecule has 4 aromatic rings. The van der Waals surface area contributed by atoms with Crippen LogP contribution in [0.15, 0.2) is 84.9 Å². The molecule has 0 atom stereocenters. The molecule has 0 aromatic heterocycles. The highest BCUT2D eigenvalue weighted by Gasteiger charge is 2.60. The summed E-state index contributed by atoms with van der Waals surface area (Å²) >= 11 is 11.7. The minimum Gasteiger partial charge on any atom is -0.310 e. The Morgan fingerprint density at radius 3 is 1.34 bits per heavy atom. The number of carbonyl (C=O) groups is 3. The van der Waals surface area contributed by atoms with Crippen molar-refractivity contribution < 1.29 is 14.4 Å². The quantitative estimate of drug-likeness (QED) is 0.0765. The fraction of sp³-hybridized carbons (Fsp3) is 0.385. The lowest BCUT2D eigenvalue weighted by Gasteiger charge is -2.43. The normalized spacial score (nSPS) is 16.9. The van der Waals surface area contributed by atoms with Gasteiger partial charge < -0.3 is 15.2 Å². The summed E-state index contributed by atoms with van der Waals surface area (Å²) in [5, 5.41) is 8.82. The van der Waals surface area contributed by atoms with Crippen molar-refractivity contribution in [2.24, 2.45) is 0 Å². The number of hydrogen-bond donors (Lipinski definition) is 1. The van der Waals surface area contributed by atoms with Crippen molar-refractivity contribution in [3.05, 3.63) is 130 Å². The number of rotatable bonds is 14. The maximum absolute atomic E-state index is 13.6. The molecule has 4 aliphatic rings. The van der Waals surface area contributed by atoms with E-state index in [2.05, 4.69) is 46.1 Å². The molecule has 2 spiro atoms. The SMILES string of the molecule is [C-]#[N+]c1ccc(N2C(=O)C3(CCC3)N(c3ccc(CCCC(=N)CC)cc3)C2=S)cc1C.[C-]#[N+]c1ccc(N2C(=O)C3(CCC3)N(c3ccc(CCCC(=O)CC)cc3)C2=S)cc1C. The van der Waals surface area contributed by atoms with E-state index < -0.39 is 11.1 Å². The highest BCUT2D eigenvalue weighted by atomic mass is 32.1. The summed E-state index contributed by atoms with van der Waals surface area (Å²) in [6.07, 6.45) is 11.7. The zero-order chi connectivity index (χ0) is 45.8. The predicted molar refractivity (Wildman–Crippen MR) is 265 cm³/mol. The zero-order valence-electron chi connectivity index (χ0n) is 37.2. The summed E-state index contributed by atoms with van der Waals surface area (Å²) in [4.78, 5) is 53.1. The number of benzene rings is 4. The fourth-order valence-electron chi connectivity index (χ4n) is 9.20. The number of thiocarbonyl (C=S) groups is 2. The first-order valence-electron chi connectivity index (χ1n) is 22.4. The molecular weight excluding hydrogens is 835 g/mol. The van der Waals surface area contributed by atoms with Crippen LogP contribution >= 0.6 is 24.4 Å². The number of nitrogens with zero attached hydrogens (tertiary/aromatic N) is 6. The van der Waals surface area contributed by atoms with Crippen LogP contribution in [0.4, 0.5) is 34.1 Å². The lowest BCUT2D eigenvalue weighted by atomic mass is 9.75. The van der Waals surface area contributed by atoms with Crippen LogP contribution < -0.4 is 19.6 Å². The standard InChI is InChI=1S/C26H28N4OS.C26H27N3O2S/c1-4-20(27)8-5-7-19-9-11-21(12-10-19)30-25(32)29(24(31)26(30)15-6-16-26)22-13-14-23(28-3)18(2)17-22;1-4-22(30)8-5-7-19-9-11-20(12-10-19)29-25(32)28(24(31)26(29)15-6-16-26)21-13-14-23(27-3)18(2)17-21/h9-14,17,27H,4-8,15-16H2,1-2H3;9-14,17H,4-8,15-16H2,1-2H3. The lowest BCUT2D eigenvalue weighted by molar-refractivity contribution is -0.124. The smallest absolute Gasteiger partial charge is 0.259 e. The van der Waals surface area contributed by atoms with Crippen LogP contribution in [-0.2, 0) is 27.2 Å². The molecule has 2 saturated heterocycles. The minimum atomic E-state index is -0.613. The van der Waals surface area contributed by atoms with Gasteiger partial charge in [0.1, 0.15) is 16.9 Å². The summed E-state index contributed by atoms with van der Waals surface area (Å²) in [5.74, 6) is 0.353. The van der Waals surface area contributed by atoms with Crippen molar-refractivity contribution in [1.82, 2.24) is 0 Å². The van der Waals surface area contributed by atoms with Crippen molar-refractivity contribution in [2.45, 2.75) is 129 Å². The molecule has 4 fully saturated rings. The molecule has 2 aliphatic carbocycles. The number of aryl methyl sites for hydroxylation is 4. The maximum Gasteiger partial charge on any atom is 0.259 e. The molecule has 328 valence electrons. The number of nitrogens with one attached hydrogen (secondary N) is 1. The monoisotopic (exact) mass is 889 g/mol. The number of Topliss-reactive ketones (excluding diaryl/α,β-unsaturated/α-hetero) is 1. The number of ketones is 1. The molecule has 12 heteroatoms. The number of amides is 2. The molecule has 0 radical (unpaired) electrons. The molecule has 2 aliphatic heterocycles. The van der Waals surface area contributed by atoms with Crippen LogP contribution in [-0.4, -0.2) is 44.6 Å². The minimum absolute atomic E-state index is 0.0193. The zero-order valence-corrected chi connectivity index (χ0v) is 38.8. The molecule has 0 unspecified atom stereocenters. The van der Waals surface area contributed by atoms with Crippen molar-refractivity contribution in [3.63, 3.8) is 0 Å². The molecule has 2 saturated carbocycles. The van der Waals surface area contributed by atoms with E-state index in [0.717, 1.165) is 117 Å². The third-order valence-electron chi connectivity index (χ3n) is 13.4. The van der Waals surface area contributed by atoms with Crippen molar-refractivity contribution >= 4 is 92.1 Å². The highest BCUT2D eigenvalue weighted by molar-refractivity contribution is 7.81. The van der Waals surface area contributed by atoms with Gasteiger partial charge in [0.05, 0.1) is 13.1 Å². The first-order chi connectivity index (χ1) is 30.8. The van der Waals surface area contributed by atoms with Gasteiger partial charge in [-0.25, -0.2) is 9.69 Å². The van der Waals surface area contributed by atoms with Crippen LogP contribution in [0.5, 0.6) is 0 Å². The van der Waals surface area contributed by atoms with Gasteiger partial charge in [-0.1, -0.05) is 50.2 Å². The summed E-state index contributed by atoms with van der Waals surface area (Å²) in [6, 6.07) is 27.5. The van der Waals surface area contributed by atoms with Gasteiger partial charge in [-0.15, -0.1) is 0 Å². The fourth-order valence-corrected chi connectivity index (χ4v) is 10.1. The average Bonchev–Trinajstić information content (AvgIpc) is 3.66. The van der Waals surface area contributed by atoms with E-state index in [9.17, 15) is 14.4 Å². The number of anilines is 4. The summed E-state index contributed by atoms with van der Waals surface area (Å²) in [5.41, 5.74) is 8.17. The van der Waals surface area contributed by atoms with E-state index in [1.807, 2.05) is 67.8 Å². The Balaban J connectivity index is 0.000000191. The van der Waals surface area contributed by atoms with Gasteiger partial charge in [-0.3, -0.25) is 24.2 Å². The van der Waals surface area contributed by atoms with Gasteiger partial charge in [0.2, 0.25) is 0 Å². The Kier molecular flexibility index (Phi) is 13.9. The maximum atomic E-state index is 13.6.